The molecule has 21 heavy (non-hydrogen) atoms. The van der Waals surface area contributed by atoms with Crippen molar-refractivity contribution in [1.82, 2.24) is 20.0 Å². The van der Waals surface area contributed by atoms with E-state index in [2.05, 4.69) is 54.9 Å². The number of hydrogen-bond acceptors (Lipinski definition) is 3. The minimum atomic E-state index is 0.499. The smallest absolute Gasteiger partial charge is 0.0765 e. The number of rotatable bonds is 7. The van der Waals surface area contributed by atoms with Gasteiger partial charge in [-0.05, 0) is 38.8 Å². The molecule has 2 unspecified atom stereocenters. The zero-order chi connectivity index (χ0) is 15.2. The van der Waals surface area contributed by atoms with Crippen LogP contribution in [0.5, 0.6) is 0 Å². The Morgan fingerprint density at radius 1 is 1.33 bits per heavy atom. The lowest BCUT2D eigenvalue weighted by Gasteiger charge is -2.35. The third kappa shape index (κ3) is 4.82. The molecule has 4 nitrogen and oxygen atoms in total. The van der Waals surface area contributed by atoms with Crippen molar-refractivity contribution in [3.8, 4) is 0 Å². The van der Waals surface area contributed by atoms with Gasteiger partial charge in [0.2, 0.25) is 0 Å². The third-order valence-corrected chi connectivity index (χ3v) is 4.58. The Bertz CT molecular complexity index is 413. The fraction of sp³-hybridized carbons (Fsp3) is 0.824. The average molecular weight is 292 g/mol. The summed E-state index contributed by atoms with van der Waals surface area (Å²) in [6, 6.07) is 3.92. The first-order valence-corrected chi connectivity index (χ1v) is 8.61. The predicted molar refractivity (Wildman–Crippen MR) is 88.4 cm³/mol. The normalized spacial score (nSPS) is 21.9. The lowest BCUT2D eigenvalue weighted by molar-refractivity contribution is 0.133. The van der Waals surface area contributed by atoms with Gasteiger partial charge in [0, 0.05) is 37.4 Å². The number of hydrogen-bond donors (Lipinski definition) is 1. The van der Waals surface area contributed by atoms with Crippen molar-refractivity contribution in [3.63, 3.8) is 0 Å². The Hall–Kier alpha value is -0.870. The second kappa shape index (κ2) is 7.95. The van der Waals surface area contributed by atoms with Crippen molar-refractivity contribution in [2.24, 2.45) is 0 Å². The van der Waals surface area contributed by atoms with Crippen molar-refractivity contribution < 1.29 is 0 Å². The first kappa shape index (κ1) is 16.5. The van der Waals surface area contributed by atoms with Crippen LogP contribution in [0.1, 0.15) is 65.1 Å². The van der Waals surface area contributed by atoms with E-state index >= 15 is 0 Å². The van der Waals surface area contributed by atoms with Crippen LogP contribution in [-0.2, 0) is 6.54 Å². The summed E-state index contributed by atoms with van der Waals surface area (Å²) in [6.07, 6.45) is 7.26. The molecule has 0 aromatic carbocycles. The summed E-state index contributed by atoms with van der Waals surface area (Å²) in [4.78, 5) is 2.61. The quantitative estimate of drug-likeness (QED) is 0.838. The SMILES string of the molecule is CCC(C)n1ccc(CN2CCCCC2CNC(C)C)n1. The van der Waals surface area contributed by atoms with Gasteiger partial charge in [-0.25, -0.2) is 0 Å². The number of nitrogens with zero attached hydrogens (tertiary/aromatic N) is 3. The molecular formula is C17H32N4. The summed E-state index contributed by atoms with van der Waals surface area (Å²) in [5.74, 6) is 0. The predicted octanol–water partition coefficient (Wildman–Crippen LogP) is 3.21. The number of nitrogens with one attached hydrogen (secondary N) is 1. The Kier molecular flexibility index (Phi) is 6.24. The highest BCUT2D eigenvalue weighted by Gasteiger charge is 2.23. The molecule has 2 heterocycles. The van der Waals surface area contributed by atoms with E-state index in [9.17, 15) is 0 Å². The second-order valence-corrected chi connectivity index (χ2v) is 6.73. The van der Waals surface area contributed by atoms with Crippen LogP contribution in [0.2, 0.25) is 0 Å². The van der Waals surface area contributed by atoms with Crippen molar-refractivity contribution in [2.45, 2.75) is 78.0 Å². The van der Waals surface area contributed by atoms with Crippen LogP contribution in [0.15, 0.2) is 12.3 Å². The van der Waals surface area contributed by atoms with Gasteiger partial charge in [0.15, 0.2) is 0 Å². The molecular weight excluding hydrogens is 260 g/mol. The molecule has 1 aliphatic rings. The molecule has 1 aromatic rings. The van der Waals surface area contributed by atoms with Crippen LogP contribution in [-0.4, -0.2) is 39.9 Å². The van der Waals surface area contributed by atoms with Gasteiger partial charge in [-0.1, -0.05) is 27.2 Å². The molecule has 0 spiro atoms. The van der Waals surface area contributed by atoms with E-state index in [0.29, 0.717) is 18.1 Å². The van der Waals surface area contributed by atoms with E-state index in [0.717, 1.165) is 19.5 Å². The van der Waals surface area contributed by atoms with Crippen LogP contribution in [0.25, 0.3) is 0 Å². The molecule has 0 radical (unpaired) electrons. The second-order valence-electron chi connectivity index (χ2n) is 6.73. The zero-order valence-electron chi connectivity index (χ0n) is 14.2. The topological polar surface area (TPSA) is 33.1 Å². The summed E-state index contributed by atoms with van der Waals surface area (Å²) in [5.41, 5.74) is 1.21. The molecule has 1 fully saturated rings. The van der Waals surface area contributed by atoms with Gasteiger partial charge in [-0.2, -0.15) is 5.10 Å². The monoisotopic (exact) mass is 292 g/mol. The van der Waals surface area contributed by atoms with Gasteiger partial charge < -0.3 is 5.32 Å². The van der Waals surface area contributed by atoms with Crippen molar-refractivity contribution in [3.05, 3.63) is 18.0 Å². The van der Waals surface area contributed by atoms with Crippen LogP contribution in [0.4, 0.5) is 0 Å². The molecule has 0 saturated carbocycles. The van der Waals surface area contributed by atoms with Gasteiger partial charge in [0.25, 0.3) is 0 Å². The molecule has 4 heteroatoms. The lowest BCUT2D eigenvalue weighted by Crippen LogP contribution is -2.46. The maximum atomic E-state index is 4.76. The van der Waals surface area contributed by atoms with Gasteiger partial charge in [-0.15, -0.1) is 0 Å². The molecule has 0 bridgehead atoms. The molecule has 0 amide bonds. The van der Waals surface area contributed by atoms with Crippen molar-refractivity contribution >= 4 is 0 Å². The molecule has 120 valence electrons. The Labute approximate surface area is 129 Å². The van der Waals surface area contributed by atoms with E-state index in [1.54, 1.807) is 0 Å². The van der Waals surface area contributed by atoms with E-state index < -0.39 is 0 Å². The van der Waals surface area contributed by atoms with E-state index in [-0.39, 0.29) is 0 Å². The number of likely N-dealkylation sites (tertiary alicyclic amines) is 1. The highest BCUT2D eigenvalue weighted by molar-refractivity contribution is 5.00. The van der Waals surface area contributed by atoms with Crippen LogP contribution in [0, 0.1) is 0 Å². The van der Waals surface area contributed by atoms with Gasteiger partial charge in [0.1, 0.15) is 0 Å². The first-order valence-electron chi connectivity index (χ1n) is 8.61. The molecule has 1 N–H and O–H groups in total. The molecule has 2 rings (SSSR count). The largest absolute Gasteiger partial charge is 0.313 e. The highest BCUT2D eigenvalue weighted by Crippen LogP contribution is 2.19. The maximum Gasteiger partial charge on any atom is 0.0765 e. The first-order chi connectivity index (χ1) is 10.1. The standard InChI is InChI=1S/C17H32N4/c1-5-15(4)21-11-9-16(19-21)13-20-10-7-6-8-17(20)12-18-14(2)3/h9,11,14-15,17-18H,5-8,10,12-13H2,1-4H3. The minimum Gasteiger partial charge on any atom is -0.313 e. The average Bonchev–Trinajstić information content (AvgIpc) is 2.94. The maximum absolute atomic E-state index is 4.76. The fourth-order valence-corrected chi connectivity index (χ4v) is 2.97. The lowest BCUT2D eigenvalue weighted by atomic mass is 10.0. The van der Waals surface area contributed by atoms with Gasteiger partial charge in [-0.3, -0.25) is 9.58 Å². The van der Waals surface area contributed by atoms with Crippen LogP contribution < -0.4 is 5.32 Å². The summed E-state index contributed by atoms with van der Waals surface area (Å²) in [7, 11) is 0. The molecule has 2 atom stereocenters. The third-order valence-electron chi connectivity index (χ3n) is 4.58. The minimum absolute atomic E-state index is 0.499. The van der Waals surface area contributed by atoms with E-state index in [1.807, 2.05) is 0 Å². The van der Waals surface area contributed by atoms with E-state index in [1.165, 1.54) is 31.5 Å². The van der Waals surface area contributed by atoms with Crippen molar-refractivity contribution in [1.29, 1.82) is 0 Å². The van der Waals surface area contributed by atoms with Crippen LogP contribution in [0.3, 0.4) is 0 Å². The zero-order valence-corrected chi connectivity index (χ0v) is 14.2. The Morgan fingerprint density at radius 2 is 2.14 bits per heavy atom. The van der Waals surface area contributed by atoms with Crippen LogP contribution >= 0.6 is 0 Å². The molecule has 0 aliphatic carbocycles. The van der Waals surface area contributed by atoms with Gasteiger partial charge >= 0.3 is 0 Å². The molecule has 1 saturated heterocycles. The Morgan fingerprint density at radius 3 is 2.86 bits per heavy atom. The number of aromatic nitrogens is 2. The molecule has 1 aromatic heterocycles. The highest BCUT2D eigenvalue weighted by atomic mass is 15.3. The summed E-state index contributed by atoms with van der Waals surface area (Å²) < 4.78 is 2.11. The summed E-state index contributed by atoms with van der Waals surface area (Å²) in [5, 5.41) is 8.36. The summed E-state index contributed by atoms with van der Waals surface area (Å²) in [6.45, 7) is 12.2. The summed E-state index contributed by atoms with van der Waals surface area (Å²) >= 11 is 0. The Balaban J connectivity index is 1.93. The van der Waals surface area contributed by atoms with Crippen molar-refractivity contribution in [2.75, 3.05) is 13.1 Å². The number of piperidine rings is 1. The van der Waals surface area contributed by atoms with E-state index in [4.69, 9.17) is 5.10 Å². The fourth-order valence-electron chi connectivity index (χ4n) is 2.97. The van der Waals surface area contributed by atoms with Gasteiger partial charge in [0.05, 0.1) is 5.69 Å². The molecule has 1 aliphatic heterocycles.